The van der Waals surface area contributed by atoms with Crippen LogP contribution in [0.3, 0.4) is 0 Å². The second-order valence-corrected chi connectivity index (χ2v) is 8.70. The average molecular weight is 355 g/mol. The molecule has 1 unspecified atom stereocenters. The minimum Gasteiger partial charge on any atom is -0.366 e. The van der Waals surface area contributed by atoms with Crippen LogP contribution in [0.15, 0.2) is 12.2 Å². The molecular weight excluding hydrogens is 328 g/mol. The highest BCUT2D eigenvalue weighted by Crippen LogP contribution is 2.37. The zero-order chi connectivity index (χ0) is 16.1. The van der Waals surface area contributed by atoms with Gasteiger partial charge in [-0.1, -0.05) is 12.2 Å². The molecule has 3 N–H and O–H groups in total. The zero-order valence-electron chi connectivity index (χ0n) is 13.7. The van der Waals surface area contributed by atoms with Crippen LogP contribution in [0.5, 0.6) is 0 Å². The quantitative estimate of drug-likeness (QED) is 0.543. The van der Waals surface area contributed by atoms with Gasteiger partial charge in [-0.3, -0.25) is 0 Å². The Hall–Kier alpha value is -0.860. The first kappa shape index (κ1) is 17.0. The van der Waals surface area contributed by atoms with Gasteiger partial charge in [0.1, 0.15) is 0 Å². The fourth-order valence-corrected chi connectivity index (χ4v) is 5.61. The Morgan fingerprint density at radius 1 is 1.43 bits per heavy atom. The lowest BCUT2D eigenvalue weighted by molar-refractivity contribution is 0.326. The highest BCUT2D eigenvalue weighted by Gasteiger charge is 2.33. The number of aromatic nitrogens is 3. The summed E-state index contributed by atoms with van der Waals surface area (Å²) in [5.74, 6) is 4.45. The Morgan fingerprint density at radius 2 is 2.26 bits per heavy atom. The van der Waals surface area contributed by atoms with E-state index in [9.17, 15) is 0 Å². The molecule has 1 fully saturated rings. The van der Waals surface area contributed by atoms with Crippen molar-refractivity contribution in [3.8, 4) is 0 Å². The molecule has 8 heteroatoms. The minimum absolute atomic E-state index is 0.310. The van der Waals surface area contributed by atoms with Gasteiger partial charge in [0.2, 0.25) is 11.9 Å². The van der Waals surface area contributed by atoms with Crippen molar-refractivity contribution >= 4 is 35.4 Å². The standard InChI is InChI=1S/C15H26N6S2/c1-20-14(18-13(16)19-20)17-6-10-22-12-15(5-4-9-23-15)11-21-7-2-3-8-21/h4-5H,2-3,6-12H2,1H3,(H3,16,17,18,19). The van der Waals surface area contributed by atoms with Crippen LogP contribution in [0.4, 0.5) is 11.9 Å². The van der Waals surface area contributed by atoms with E-state index in [-0.39, 0.29) is 0 Å². The smallest absolute Gasteiger partial charge is 0.241 e. The van der Waals surface area contributed by atoms with Crippen LogP contribution in [0.25, 0.3) is 0 Å². The third-order valence-corrected chi connectivity index (χ3v) is 6.97. The number of hydrogen-bond acceptors (Lipinski definition) is 7. The van der Waals surface area contributed by atoms with Crippen molar-refractivity contribution in [3.63, 3.8) is 0 Å². The fourth-order valence-electron chi connectivity index (χ4n) is 3.12. The van der Waals surface area contributed by atoms with Crippen molar-refractivity contribution < 1.29 is 0 Å². The van der Waals surface area contributed by atoms with Gasteiger partial charge in [-0.15, -0.1) is 16.9 Å². The van der Waals surface area contributed by atoms with Gasteiger partial charge in [0.05, 0.1) is 4.75 Å². The van der Waals surface area contributed by atoms with Gasteiger partial charge < -0.3 is 16.0 Å². The normalized spacial score (nSPS) is 24.6. The second-order valence-electron chi connectivity index (χ2n) is 6.16. The zero-order valence-corrected chi connectivity index (χ0v) is 15.3. The summed E-state index contributed by atoms with van der Waals surface area (Å²) in [7, 11) is 1.85. The monoisotopic (exact) mass is 354 g/mol. The first-order chi connectivity index (χ1) is 11.2. The summed E-state index contributed by atoms with van der Waals surface area (Å²) in [6.45, 7) is 4.63. The number of likely N-dealkylation sites (tertiary alicyclic amines) is 1. The second kappa shape index (κ2) is 7.81. The summed E-state index contributed by atoms with van der Waals surface area (Å²) in [5, 5.41) is 7.34. The molecule has 3 heterocycles. The highest BCUT2D eigenvalue weighted by atomic mass is 32.2. The van der Waals surface area contributed by atoms with Crippen molar-refractivity contribution in [2.24, 2.45) is 7.05 Å². The predicted molar refractivity (Wildman–Crippen MR) is 101 cm³/mol. The van der Waals surface area contributed by atoms with Crippen LogP contribution in [0.1, 0.15) is 12.8 Å². The molecule has 1 atom stereocenters. The van der Waals surface area contributed by atoms with Crippen LogP contribution < -0.4 is 11.1 Å². The van der Waals surface area contributed by atoms with Gasteiger partial charge in [-0.2, -0.15) is 16.7 Å². The molecule has 0 bridgehead atoms. The molecule has 23 heavy (non-hydrogen) atoms. The molecule has 3 rings (SSSR count). The van der Waals surface area contributed by atoms with E-state index in [0.29, 0.717) is 10.7 Å². The molecule has 0 spiro atoms. The molecule has 1 saturated heterocycles. The molecule has 128 valence electrons. The summed E-state index contributed by atoms with van der Waals surface area (Å²) in [4.78, 5) is 6.78. The van der Waals surface area contributed by atoms with Gasteiger partial charge >= 0.3 is 0 Å². The Balaban J connectivity index is 1.41. The molecule has 0 saturated carbocycles. The molecule has 0 aliphatic carbocycles. The topological polar surface area (TPSA) is 72.0 Å². The highest BCUT2D eigenvalue weighted by molar-refractivity contribution is 8.04. The fraction of sp³-hybridized carbons (Fsp3) is 0.733. The van der Waals surface area contributed by atoms with E-state index in [1.807, 2.05) is 18.8 Å². The van der Waals surface area contributed by atoms with E-state index in [4.69, 9.17) is 5.73 Å². The summed E-state index contributed by atoms with van der Waals surface area (Å²) in [5.41, 5.74) is 5.58. The number of aryl methyl sites for hydroxylation is 1. The molecule has 1 aromatic rings. The molecule has 2 aliphatic rings. The average Bonchev–Trinajstić information content (AvgIpc) is 3.23. The first-order valence-corrected chi connectivity index (χ1v) is 10.3. The number of anilines is 2. The molecule has 2 aliphatic heterocycles. The lowest BCUT2D eigenvalue weighted by Gasteiger charge is -2.31. The van der Waals surface area contributed by atoms with Crippen molar-refractivity contribution in [3.05, 3.63) is 12.2 Å². The number of nitrogens with one attached hydrogen (secondary N) is 1. The van der Waals surface area contributed by atoms with E-state index in [1.165, 1.54) is 38.2 Å². The van der Waals surface area contributed by atoms with Crippen molar-refractivity contribution in [2.45, 2.75) is 17.6 Å². The van der Waals surface area contributed by atoms with Crippen LogP contribution in [0, 0.1) is 0 Å². The van der Waals surface area contributed by atoms with Crippen molar-refractivity contribution in [1.82, 2.24) is 19.7 Å². The first-order valence-electron chi connectivity index (χ1n) is 8.19. The molecule has 0 radical (unpaired) electrons. The van der Waals surface area contributed by atoms with E-state index in [0.717, 1.165) is 24.0 Å². The Bertz CT molecular complexity index is 540. The molecular formula is C15H26N6S2. The number of nitrogen functional groups attached to an aromatic ring is 1. The number of hydrogen-bond donors (Lipinski definition) is 2. The predicted octanol–water partition coefficient (Wildman–Crippen LogP) is 1.68. The maximum absolute atomic E-state index is 5.58. The molecule has 6 nitrogen and oxygen atoms in total. The summed E-state index contributed by atoms with van der Waals surface area (Å²) < 4.78 is 1.99. The minimum atomic E-state index is 0.310. The Labute approximate surface area is 146 Å². The van der Waals surface area contributed by atoms with Crippen molar-refractivity contribution in [2.75, 3.05) is 54.5 Å². The van der Waals surface area contributed by atoms with E-state index < -0.39 is 0 Å². The Morgan fingerprint density at radius 3 is 2.91 bits per heavy atom. The third kappa shape index (κ3) is 4.58. The number of nitrogens with two attached hydrogens (primary N) is 1. The summed E-state index contributed by atoms with van der Waals surface area (Å²) >= 11 is 4.11. The SMILES string of the molecule is Cn1nc(N)nc1NCCSCC1(CN2CCCC2)C=CCS1. The van der Waals surface area contributed by atoms with Gasteiger partial charge in [-0.05, 0) is 25.9 Å². The summed E-state index contributed by atoms with van der Waals surface area (Å²) in [6.07, 6.45) is 7.51. The lowest BCUT2D eigenvalue weighted by atomic mass is 10.1. The van der Waals surface area contributed by atoms with Gasteiger partial charge in [0, 0.05) is 37.4 Å². The number of rotatable bonds is 8. The van der Waals surface area contributed by atoms with Crippen LogP contribution in [-0.2, 0) is 7.05 Å². The number of nitrogens with zero attached hydrogens (tertiary/aromatic N) is 4. The lowest BCUT2D eigenvalue weighted by Crippen LogP contribution is -2.39. The maximum atomic E-state index is 5.58. The van der Waals surface area contributed by atoms with Gasteiger partial charge in [-0.25, -0.2) is 4.68 Å². The third-order valence-electron chi connectivity index (χ3n) is 4.23. The van der Waals surface area contributed by atoms with E-state index >= 15 is 0 Å². The van der Waals surface area contributed by atoms with Crippen molar-refractivity contribution in [1.29, 1.82) is 0 Å². The van der Waals surface area contributed by atoms with Gasteiger partial charge in [0.15, 0.2) is 0 Å². The summed E-state index contributed by atoms with van der Waals surface area (Å²) in [6, 6.07) is 0. The van der Waals surface area contributed by atoms with Crippen LogP contribution in [-0.4, -0.2) is 67.8 Å². The Kier molecular flexibility index (Phi) is 5.76. The van der Waals surface area contributed by atoms with E-state index in [2.05, 4.69) is 44.2 Å². The van der Waals surface area contributed by atoms with Crippen LogP contribution >= 0.6 is 23.5 Å². The van der Waals surface area contributed by atoms with Crippen LogP contribution in [0.2, 0.25) is 0 Å². The molecule has 0 aromatic carbocycles. The number of thioether (sulfide) groups is 2. The van der Waals surface area contributed by atoms with Gasteiger partial charge in [0.25, 0.3) is 0 Å². The maximum Gasteiger partial charge on any atom is 0.241 e. The molecule has 0 amide bonds. The molecule has 1 aromatic heterocycles. The van der Waals surface area contributed by atoms with E-state index in [1.54, 1.807) is 4.68 Å². The largest absolute Gasteiger partial charge is 0.366 e.